The van der Waals surface area contributed by atoms with Crippen LogP contribution in [0.2, 0.25) is 0 Å². The van der Waals surface area contributed by atoms with Crippen molar-refractivity contribution in [1.82, 2.24) is 0 Å². The van der Waals surface area contributed by atoms with E-state index in [4.69, 9.17) is 12.9 Å². The number of carbonyl (C=O) groups is 4. The molecule has 0 saturated heterocycles. The van der Waals surface area contributed by atoms with Crippen LogP contribution < -0.4 is 0 Å². The topological polar surface area (TPSA) is 177 Å². The minimum Gasteiger partial charge on any atom is -0.395 e. The molecule has 0 aliphatic heterocycles. The van der Waals surface area contributed by atoms with Crippen LogP contribution in [0.15, 0.2) is 140 Å². The second-order valence-corrected chi connectivity index (χ2v) is 21.9. The molecule has 14 heteroatoms. The van der Waals surface area contributed by atoms with Gasteiger partial charge in [0.25, 0.3) is 0 Å². The molecule has 11 nitrogen and oxygen atoms in total. The minimum absolute atomic E-state index is 0.0304. The smallest absolute Gasteiger partial charge is 0.395 e. The fraction of sp³-hybridized carbons (Fsp3) is 0.320. The van der Waals surface area contributed by atoms with Crippen LogP contribution in [-0.4, -0.2) is 118 Å². The number of hydrogen-bond donors (Lipinski definition) is 4. The summed E-state index contributed by atoms with van der Waals surface area (Å²) in [6, 6.07) is 43.4. The second-order valence-electron chi connectivity index (χ2n) is 15.4. The molecule has 0 aliphatic rings. The normalized spacial score (nSPS) is 12.4. The lowest BCUT2D eigenvalue weighted by molar-refractivity contribution is 0.0981. The molecule has 5 aromatic rings. The summed E-state index contributed by atoms with van der Waals surface area (Å²) >= 11 is 0. The van der Waals surface area contributed by atoms with Crippen molar-refractivity contribution in [2.45, 2.75) is 32.1 Å². The third kappa shape index (κ3) is 12.7. The van der Waals surface area contributed by atoms with Gasteiger partial charge in [0, 0.05) is 57.3 Å². The zero-order valence-corrected chi connectivity index (χ0v) is 38.1. The first-order valence-corrected chi connectivity index (χ1v) is 25.5. The van der Waals surface area contributed by atoms with E-state index in [0.29, 0.717) is 12.8 Å². The average Bonchev–Trinajstić information content (AvgIpc) is 3.30. The van der Waals surface area contributed by atoms with Gasteiger partial charge in [0.15, 0.2) is 23.1 Å². The Hall–Kier alpha value is -4.74. The van der Waals surface area contributed by atoms with Crippen molar-refractivity contribution in [2.24, 2.45) is 0 Å². The van der Waals surface area contributed by atoms with E-state index in [9.17, 15) is 39.6 Å². The van der Waals surface area contributed by atoms with Crippen molar-refractivity contribution in [3.63, 3.8) is 0 Å². The van der Waals surface area contributed by atoms with Gasteiger partial charge in [-0.3, -0.25) is 19.2 Å². The van der Waals surface area contributed by atoms with Crippen LogP contribution >= 0.6 is 20.6 Å². The zero-order valence-electron chi connectivity index (χ0n) is 36.5. The maximum atomic E-state index is 14.2. The second kappa shape index (κ2) is 24.5. The molecule has 64 heavy (non-hydrogen) atoms. The molecule has 0 atom stereocenters. The van der Waals surface area contributed by atoms with Crippen LogP contribution in [0, 0.1) is 0 Å². The Labute approximate surface area is 380 Å². The highest BCUT2D eigenvalue weighted by Gasteiger charge is 2.43. The third-order valence-electron chi connectivity index (χ3n) is 11.2. The van der Waals surface area contributed by atoms with E-state index in [1.54, 1.807) is 48.5 Å². The molecule has 0 aliphatic carbocycles. The molecule has 5 rings (SSSR count). The van der Waals surface area contributed by atoms with Gasteiger partial charge in [-0.25, -0.2) is 0 Å². The lowest BCUT2D eigenvalue weighted by Crippen LogP contribution is -2.39. The highest BCUT2D eigenvalue weighted by molar-refractivity contribution is 8.32. The number of Topliss-reactive ketones (excluding diaryl/α,β-unsaturated/α-hetero) is 4. The monoisotopic (exact) mass is 910 g/mol. The number of aliphatic hydroxyl groups is 4. The van der Waals surface area contributed by atoms with Gasteiger partial charge in [-0.15, -0.1) is 20.6 Å². The minimum atomic E-state index is -2.83. The van der Waals surface area contributed by atoms with Gasteiger partial charge in [0.2, 0.25) is 0 Å². The Bertz CT molecular complexity index is 2080. The molecule has 4 N–H and O–H groups in total. The van der Waals surface area contributed by atoms with E-state index in [1.807, 2.05) is 54.6 Å². The summed E-state index contributed by atoms with van der Waals surface area (Å²) in [5.74, 6) is -2.42. The van der Waals surface area contributed by atoms with Gasteiger partial charge < -0.3 is 33.3 Å². The summed E-state index contributed by atoms with van der Waals surface area (Å²) in [6.45, 7) is 1.05. The Morgan fingerprint density at radius 2 is 0.797 bits per heavy atom. The fourth-order valence-corrected chi connectivity index (χ4v) is 13.2. The summed E-state index contributed by atoms with van der Waals surface area (Å²) in [7, 11) is -7.28. The maximum absolute atomic E-state index is 14.2. The molecule has 0 bridgehead atoms. The van der Waals surface area contributed by atoms with E-state index < -0.39 is 71.3 Å². The molecule has 5 aromatic carbocycles. The largest absolute Gasteiger partial charge is 0.660 e. The molecule has 0 saturated carbocycles. The van der Waals surface area contributed by atoms with E-state index in [0.717, 1.165) is 16.7 Å². The molecule has 0 radical (unpaired) electrons. The van der Waals surface area contributed by atoms with Gasteiger partial charge in [0.05, 0.1) is 37.9 Å². The quantitative estimate of drug-likeness (QED) is 0.0170. The highest BCUT2D eigenvalue weighted by atomic mass is 32.3. The lowest BCUT2D eigenvalue weighted by Gasteiger charge is -2.44. The standard InChI is InChI=1S/C50H59BO11S2/c1-39(56)44-23-12-14-25-46(44)48(58)37-63(33-28-52,34-29-53)61-51(62-64(35-30-54,36-31-55)38-49(59)47-26-15-13-24-45(47)40(2)57)60-32-16-27-50(41-17-6-3-7-18-41,42-19-8-4-9-20-42)43-21-10-5-11-22-43/h3-15,17-26,52-55H,16,27-38H2,1-2H3. The number of carbonyl (C=O) groups excluding carboxylic acids is 4. The Balaban J connectivity index is 1.56. The van der Waals surface area contributed by atoms with Crippen molar-refractivity contribution in [1.29, 1.82) is 0 Å². The van der Waals surface area contributed by atoms with Crippen molar-refractivity contribution in [3.05, 3.63) is 178 Å². The molecular formula is C50H59BO11S2. The van der Waals surface area contributed by atoms with Crippen LogP contribution in [0.3, 0.4) is 0 Å². The number of hydrogen-bond acceptors (Lipinski definition) is 11. The molecule has 0 heterocycles. The molecule has 0 fully saturated rings. The predicted molar refractivity (Wildman–Crippen MR) is 257 cm³/mol. The van der Waals surface area contributed by atoms with Crippen LogP contribution in [0.25, 0.3) is 0 Å². The Morgan fingerprint density at radius 3 is 1.11 bits per heavy atom. The SMILES string of the molecule is CC(=O)c1ccccc1C(=O)CS(CCO)(CCO)OB(OCCCC(c1ccccc1)(c1ccccc1)c1ccccc1)OS(CCO)(CCO)CC(=O)c1ccccc1C(C)=O. The van der Waals surface area contributed by atoms with Gasteiger partial charge in [-0.1, -0.05) is 140 Å². The predicted octanol–water partition coefficient (Wildman–Crippen LogP) is 7.42. The molecular weight excluding hydrogens is 851 g/mol. The van der Waals surface area contributed by atoms with Crippen molar-refractivity contribution in [2.75, 3.05) is 67.6 Å². The summed E-state index contributed by atoms with van der Waals surface area (Å²) in [6.07, 6.45) is 0.983. The number of rotatable bonds is 28. The van der Waals surface area contributed by atoms with Gasteiger partial charge in [-0.2, -0.15) is 0 Å². The van der Waals surface area contributed by atoms with Gasteiger partial charge >= 0.3 is 7.32 Å². The van der Waals surface area contributed by atoms with E-state index in [-0.39, 0.29) is 74.9 Å². The summed E-state index contributed by atoms with van der Waals surface area (Å²) in [5, 5.41) is 42.0. The first kappa shape index (κ1) is 50.3. The van der Waals surface area contributed by atoms with Gasteiger partial charge in [0.1, 0.15) is 0 Å². The van der Waals surface area contributed by atoms with Gasteiger partial charge in [-0.05, 0) is 43.4 Å². The fourth-order valence-electron chi connectivity index (χ4n) is 8.14. The van der Waals surface area contributed by atoms with Crippen LogP contribution in [0.1, 0.15) is 84.8 Å². The molecule has 0 amide bonds. The van der Waals surface area contributed by atoms with E-state index in [1.165, 1.54) is 13.8 Å². The van der Waals surface area contributed by atoms with Crippen molar-refractivity contribution < 1.29 is 52.5 Å². The average molecular weight is 911 g/mol. The van der Waals surface area contributed by atoms with Crippen molar-refractivity contribution in [3.8, 4) is 0 Å². The number of ketones is 4. The van der Waals surface area contributed by atoms with Crippen molar-refractivity contribution >= 4 is 51.1 Å². The first-order valence-electron chi connectivity index (χ1n) is 21.3. The van der Waals surface area contributed by atoms with Crippen LogP contribution in [0.5, 0.6) is 0 Å². The molecule has 0 spiro atoms. The summed E-state index contributed by atoms with van der Waals surface area (Å²) < 4.78 is 20.2. The summed E-state index contributed by atoms with van der Waals surface area (Å²) in [4.78, 5) is 53.6. The molecule has 0 aromatic heterocycles. The molecule has 0 unspecified atom stereocenters. The van der Waals surface area contributed by atoms with Crippen LogP contribution in [0.4, 0.5) is 0 Å². The molecule has 340 valence electrons. The zero-order chi connectivity index (χ0) is 46.0. The van der Waals surface area contributed by atoms with Crippen LogP contribution in [-0.2, 0) is 18.3 Å². The maximum Gasteiger partial charge on any atom is 0.660 e. The first-order chi connectivity index (χ1) is 31.0. The number of benzene rings is 5. The lowest BCUT2D eigenvalue weighted by atomic mass is 9.67. The highest BCUT2D eigenvalue weighted by Crippen LogP contribution is 2.55. The van der Waals surface area contributed by atoms with E-state index >= 15 is 0 Å². The Kier molecular flexibility index (Phi) is 19.3. The summed E-state index contributed by atoms with van der Waals surface area (Å²) in [5.41, 5.74) is 3.34. The Morgan fingerprint density at radius 1 is 0.484 bits per heavy atom. The van der Waals surface area contributed by atoms with E-state index in [2.05, 4.69) is 36.4 Å². The number of aliphatic hydroxyl groups excluding tert-OH is 4. The third-order valence-corrected chi connectivity index (χ3v) is 17.6.